The quantitative estimate of drug-likeness (QED) is 0.274. The van der Waals surface area contributed by atoms with Crippen molar-refractivity contribution in [3.8, 4) is 11.3 Å². The smallest absolute Gasteiger partial charge is 0.200 e. The monoisotopic (exact) mass is 466 g/mol. The van der Waals surface area contributed by atoms with Gasteiger partial charge in [-0.3, -0.25) is 4.79 Å². The van der Waals surface area contributed by atoms with E-state index in [-0.39, 0.29) is 5.78 Å². The minimum absolute atomic E-state index is 0.00262. The number of H-pyrrole nitrogens is 1. The van der Waals surface area contributed by atoms with Gasteiger partial charge < -0.3 is 9.88 Å². The summed E-state index contributed by atoms with van der Waals surface area (Å²) in [5.41, 5.74) is 6.10. The van der Waals surface area contributed by atoms with E-state index in [1.807, 2.05) is 72.8 Å². The van der Waals surface area contributed by atoms with Crippen LogP contribution in [0.25, 0.3) is 22.2 Å². The number of aromatic nitrogens is 1. The Bertz CT molecular complexity index is 1620. The first kappa shape index (κ1) is 19.0. The number of rotatable bonds is 1. The summed E-state index contributed by atoms with van der Waals surface area (Å²) in [5.74, 6) is 0.00262. The number of ketones is 1. The van der Waals surface area contributed by atoms with Crippen molar-refractivity contribution in [2.75, 3.05) is 4.90 Å². The fourth-order valence-electron chi connectivity index (χ4n) is 5.60. The van der Waals surface area contributed by atoms with E-state index < -0.39 is 5.54 Å². The lowest BCUT2D eigenvalue weighted by molar-refractivity contribution is 0.0931. The third-order valence-electron chi connectivity index (χ3n) is 6.84. The van der Waals surface area contributed by atoms with E-state index in [0.29, 0.717) is 15.6 Å². The fourth-order valence-corrected chi connectivity index (χ4v) is 5.95. The largest absolute Gasteiger partial charge is 0.354 e. The Morgan fingerprint density at radius 1 is 0.727 bits per heavy atom. The molecule has 158 valence electrons. The zero-order chi connectivity index (χ0) is 22.3. The van der Waals surface area contributed by atoms with Gasteiger partial charge in [0.2, 0.25) is 0 Å². The van der Waals surface area contributed by atoms with Gasteiger partial charge in [0.05, 0.1) is 17.1 Å². The molecule has 2 aliphatic rings. The van der Waals surface area contributed by atoms with E-state index in [4.69, 9.17) is 23.2 Å². The molecule has 1 N–H and O–H groups in total. The standard InChI is InChI=1S/C28H16Cl2N2O/c29-17-10-12-22-20(14-17)25-26(31-22)19-8-4-5-9-23(19)32-24-13-11-18(30)15-21(24)27(33)28(25,32)16-6-2-1-3-7-16/h1-15,31H. The van der Waals surface area contributed by atoms with Gasteiger partial charge in [-0.25, -0.2) is 0 Å². The van der Waals surface area contributed by atoms with Crippen LogP contribution < -0.4 is 4.90 Å². The molecule has 1 atom stereocenters. The van der Waals surface area contributed by atoms with Crippen molar-refractivity contribution in [1.82, 2.24) is 4.98 Å². The first-order valence-electron chi connectivity index (χ1n) is 10.7. The van der Waals surface area contributed by atoms with Crippen LogP contribution in [0, 0.1) is 0 Å². The molecule has 0 saturated carbocycles. The molecule has 0 bridgehead atoms. The molecule has 5 heteroatoms. The molecular weight excluding hydrogens is 451 g/mol. The molecule has 7 rings (SSSR count). The number of hydrogen-bond donors (Lipinski definition) is 1. The van der Waals surface area contributed by atoms with Gasteiger partial charge in [0.15, 0.2) is 11.3 Å². The predicted octanol–water partition coefficient (Wildman–Crippen LogP) is 7.73. The van der Waals surface area contributed by atoms with Gasteiger partial charge in [0.25, 0.3) is 0 Å². The molecule has 2 aliphatic heterocycles. The Balaban J connectivity index is 1.73. The molecule has 0 amide bonds. The van der Waals surface area contributed by atoms with Crippen molar-refractivity contribution in [3.63, 3.8) is 0 Å². The first-order valence-corrected chi connectivity index (χ1v) is 11.5. The highest BCUT2D eigenvalue weighted by Gasteiger charge is 2.59. The highest BCUT2D eigenvalue weighted by atomic mass is 35.5. The Labute approximate surface area is 200 Å². The molecule has 0 radical (unpaired) electrons. The topological polar surface area (TPSA) is 36.1 Å². The Hall–Kier alpha value is -3.53. The second kappa shape index (κ2) is 6.50. The molecule has 3 nitrogen and oxygen atoms in total. The normalized spacial score (nSPS) is 18.1. The van der Waals surface area contributed by atoms with Gasteiger partial charge in [-0.05, 0) is 48.0 Å². The number of nitrogens with zero attached hydrogens (tertiary/aromatic N) is 1. The van der Waals surface area contributed by atoms with Crippen molar-refractivity contribution in [2.24, 2.45) is 0 Å². The molecule has 3 heterocycles. The lowest BCUT2D eigenvalue weighted by Crippen LogP contribution is -2.48. The number of para-hydroxylation sites is 1. The number of Topliss-reactive ketones (excluding diaryl/α,β-unsaturated/α-hetero) is 1. The summed E-state index contributed by atoms with van der Waals surface area (Å²) >= 11 is 12.8. The van der Waals surface area contributed by atoms with Gasteiger partial charge in [0, 0.05) is 37.6 Å². The first-order chi connectivity index (χ1) is 16.1. The van der Waals surface area contributed by atoms with Crippen LogP contribution in [0.2, 0.25) is 10.0 Å². The predicted molar refractivity (Wildman–Crippen MR) is 134 cm³/mol. The maximum Gasteiger partial charge on any atom is 0.200 e. The number of anilines is 2. The number of benzene rings is 4. The Morgan fingerprint density at radius 2 is 1.42 bits per heavy atom. The molecule has 1 aromatic heterocycles. The highest BCUT2D eigenvalue weighted by molar-refractivity contribution is 6.33. The van der Waals surface area contributed by atoms with Gasteiger partial charge in [-0.15, -0.1) is 0 Å². The summed E-state index contributed by atoms with van der Waals surface area (Å²) in [6, 6.07) is 29.6. The molecule has 4 aromatic carbocycles. The number of aromatic amines is 1. The second-order valence-electron chi connectivity index (χ2n) is 8.48. The Kier molecular flexibility index (Phi) is 3.74. The maximum absolute atomic E-state index is 14.6. The van der Waals surface area contributed by atoms with Crippen molar-refractivity contribution >= 4 is 51.3 Å². The lowest BCUT2D eigenvalue weighted by atomic mass is 9.74. The molecular formula is C28H16Cl2N2O. The van der Waals surface area contributed by atoms with Crippen molar-refractivity contribution in [2.45, 2.75) is 5.54 Å². The third-order valence-corrected chi connectivity index (χ3v) is 7.31. The SMILES string of the molecule is O=C1c2cc(Cl)ccc2N2c3ccccc3-c3[nH]c4ccc(Cl)cc4c3C12c1ccccc1. The summed E-state index contributed by atoms with van der Waals surface area (Å²) in [5, 5.41) is 2.11. The number of halogens is 2. The molecule has 0 saturated heterocycles. The average molecular weight is 467 g/mol. The number of carbonyl (C=O) groups excluding carboxylic acids is 1. The summed E-state index contributed by atoms with van der Waals surface area (Å²) in [4.78, 5) is 20.3. The highest BCUT2D eigenvalue weighted by Crippen LogP contribution is 2.61. The second-order valence-corrected chi connectivity index (χ2v) is 9.36. The number of carbonyl (C=O) groups is 1. The molecule has 0 spiro atoms. The van der Waals surface area contributed by atoms with E-state index in [1.54, 1.807) is 6.07 Å². The molecule has 33 heavy (non-hydrogen) atoms. The Morgan fingerprint density at radius 3 is 2.27 bits per heavy atom. The van der Waals surface area contributed by atoms with E-state index in [1.165, 1.54) is 0 Å². The molecule has 0 fully saturated rings. The number of nitrogens with one attached hydrogen (secondary N) is 1. The van der Waals surface area contributed by atoms with Crippen LogP contribution in [0.3, 0.4) is 0 Å². The van der Waals surface area contributed by atoms with Crippen molar-refractivity contribution < 1.29 is 4.79 Å². The van der Waals surface area contributed by atoms with E-state index in [0.717, 1.165) is 44.7 Å². The van der Waals surface area contributed by atoms with Crippen LogP contribution in [0.1, 0.15) is 21.5 Å². The summed E-state index contributed by atoms with van der Waals surface area (Å²) in [6.45, 7) is 0. The van der Waals surface area contributed by atoms with Crippen molar-refractivity contribution in [1.29, 1.82) is 0 Å². The maximum atomic E-state index is 14.6. The van der Waals surface area contributed by atoms with Crippen LogP contribution in [0.5, 0.6) is 0 Å². The third kappa shape index (κ3) is 2.28. The van der Waals surface area contributed by atoms with Crippen LogP contribution in [-0.4, -0.2) is 10.8 Å². The zero-order valence-corrected chi connectivity index (χ0v) is 18.8. The summed E-state index contributed by atoms with van der Waals surface area (Å²) in [6.07, 6.45) is 0. The van der Waals surface area contributed by atoms with Crippen LogP contribution in [-0.2, 0) is 5.54 Å². The zero-order valence-electron chi connectivity index (χ0n) is 17.3. The number of fused-ring (bicyclic) bond motifs is 10. The van der Waals surface area contributed by atoms with Crippen LogP contribution in [0.15, 0.2) is 91.0 Å². The minimum atomic E-state index is -1.08. The van der Waals surface area contributed by atoms with Gasteiger partial charge >= 0.3 is 0 Å². The van der Waals surface area contributed by atoms with E-state index in [9.17, 15) is 4.79 Å². The van der Waals surface area contributed by atoms with Gasteiger partial charge in [-0.2, -0.15) is 0 Å². The average Bonchev–Trinajstić information content (AvgIpc) is 3.34. The van der Waals surface area contributed by atoms with E-state index >= 15 is 0 Å². The van der Waals surface area contributed by atoms with Gasteiger partial charge in [-0.1, -0.05) is 71.7 Å². The number of hydrogen-bond acceptors (Lipinski definition) is 2. The summed E-state index contributed by atoms with van der Waals surface area (Å²) < 4.78 is 0. The van der Waals surface area contributed by atoms with Gasteiger partial charge in [0.1, 0.15) is 0 Å². The van der Waals surface area contributed by atoms with Crippen LogP contribution in [0.4, 0.5) is 11.4 Å². The molecule has 0 aliphatic carbocycles. The lowest BCUT2D eigenvalue weighted by Gasteiger charge is -2.44. The molecule has 5 aromatic rings. The fraction of sp³-hybridized carbons (Fsp3) is 0.0357. The van der Waals surface area contributed by atoms with Crippen LogP contribution >= 0.6 is 23.2 Å². The molecule has 1 unspecified atom stereocenters. The minimum Gasteiger partial charge on any atom is -0.354 e. The summed E-state index contributed by atoms with van der Waals surface area (Å²) in [7, 11) is 0. The van der Waals surface area contributed by atoms with E-state index in [2.05, 4.69) is 22.0 Å². The van der Waals surface area contributed by atoms with Crippen molar-refractivity contribution in [3.05, 3.63) is 118 Å².